The predicted molar refractivity (Wildman–Crippen MR) is 113 cm³/mol. The van der Waals surface area contributed by atoms with Crippen molar-refractivity contribution in [3.63, 3.8) is 0 Å². The van der Waals surface area contributed by atoms with Crippen molar-refractivity contribution < 1.29 is 13.9 Å². The van der Waals surface area contributed by atoms with Gasteiger partial charge in [0.05, 0.1) is 18.7 Å². The highest BCUT2D eigenvalue weighted by Gasteiger charge is 2.23. The SMILES string of the molecule is CCOc1ccc(N(Cc2nc3nc(C)cc(=O)n3[nH]2)C(=O)c2ccccc2F)cc1. The lowest BCUT2D eigenvalue weighted by Gasteiger charge is -2.22. The third-order valence-electron chi connectivity index (χ3n) is 4.62. The van der Waals surface area contributed by atoms with Crippen molar-refractivity contribution in [1.82, 2.24) is 19.6 Å². The van der Waals surface area contributed by atoms with Gasteiger partial charge in [-0.3, -0.25) is 14.7 Å². The summed E-state index contributed by atoms with van der Waals surface area (Å²) in [5.74, 6) is 0.0130. The number of hydrogen-bond donors (Lipinski definition) is 1. The van der Waals surface area contributed by atoms with Gasteiger partial charge in [-0.2, -0.15) is 9.50 Å². The number of rotatable bonds is 6. The van der Waals surface area contributed by atoms with E-state index in [2.05, 4.69) is 15.1 Å². The van der Waals surface area contributed by atoms with E-state index < -0.39 is 11.7 Å². The maximum Gasteiger partial charge on any atom is 0.274 e. The molecule has 31 heavy (non-hydrogen) atoms. The van der Waals surface area contributed by atoms with Crippen molar-refractivity contribution in [2.24, 2.45) is 0 Å². The first kappa shape index (κ1) is 20.3. The molecule has 158 valence electrons. The molecule has 1 amide bonds. The summed E-state index contributed by atoms with van der Waals surface area (Å²) in [4.78, 5) is 35.4. The van der Waals surface area contributed by atoms with Gasteiger partial charge in [0, 0.05) is 17.4 Å². The lowest BCUT2D eigenvalue weighted by Crippen LogP contribution is -2.31. The Bertz CT molecular complexity index is 1300. The number of benzene rings is 2. The molecule has 0 radical (unpaired) electrons. The first-order valence-electron chi connectivity index (χ1n) is 9.71. The minimum Gasteiger partial charge on any atom is -0.494 e. The molecule has 0 aliphatic carbocycles. The Morgan fingerprint density at radius 2 is 1.90 bits per heavy atom. The van der Waals surface area contributed by atoms with Gasteiger partial charge >= 0.3 is 0 Å². The van der Waals surface area contributed by atoms with Crippen molar-refractivity contribution in [2.75, 3.05) is 11.5 Å². The van der Waals surface area contributed by atoms with E-state index in [1.807, 2.05) is 6.92 Å². The van der Waals surface area contributed by atoms with Gasteiger partial charge in [0.25, 0.3) is 17.2 Å². The Morgan fingerprint density at radius 1 is 1.16 bits per heavy atom. The summed E-state index contributed by atoms with van der Waals surface area (Å²) in [6, 6.07) is 14.0. The molecule has 0 unspecified atom stereocenters. The number of carbonyl (C=O) groups excluding carboxylic acids is 1. The van der Waals surface area contributed by atoms with E-state index in [1.165, 1.54) is 33.7 Å². The molecule has 0 fully saturated rings. The zero-order valence-electron chi connectivity index (χ0n) is 17.0. The largest absolute Gasteiger partial charge is 0.494 e. The van der Waals surface area contributed by atoms with Crippen LogP contribution in [0.3, 0.4) is 0 Å². The van der Waals surface area contributed by atoms with Crippen molar-refractivity contribution in [3.05, 3.63) is 87.9 Å². The van der Waals surface area contributed by atoms with Crippen LogP contribution in [0.5, 0.6) is 5.75 Å². The first-order chi connectivity index (χ1) is 15.0. The number of nitrogens with zero attached hydrogens (tertiary/aromatic N) is 4. The van der Waals surface area contributed by atoms with E-state index in [0.29, 0.717) is 29.6 Å². The summed E-state index contributed by atoms with van der Waals surface area (Å²) >= 11 is 0. The molecule has 0 spiro atoms. The monoisotopic (exact) mass is 421 g/mol. The normalized spacial score (nSPS) is 10.9. The van der Waals surface area contributed by atoms with Crippen LogP contribution >= 0.6 is 0 Å². The van der Waals surface area contributed by atoms with Crippen LogP contribution in [0, 0.1) is 12.7 Å². The number of anilines is 1. The van der Waals surface area contributed by atoms with Gasteiger partial charge in [0.15, 0.2) is 0 Å². The fraction of sp³-hybridized carbons (Fsp3) is 0.182. The Morgan fingerprint density at radius 3 is 2.61 bits per heavy atom. The minimum atomic E-state index is -0.624. The van der Waals surface area contributed by atoms with Crippen molar-refractivity contribution >= 4 is 17.4 Å². The molecule has 4 aromatic rings. The van der Waals surface area contributed by atoms with Gasteiger partial charge in [-0.15, -0.1) is 0 Å². The summed E-state index contributed by atoms with van der Waals surface area (Å²) in [7, 11) is 0. The van der Waals surface area contributed by atoms with Gasteiger partial charge in [-0.05, 0) is 50.2 Å². The molecular weight excluding hydrogens is 401 g/mol. The number of aromatic nitrogens is 4. The highest BCUT2D eigenvalue weighted by Crippen LogP contribution is 2.24. The van der Waals surface area contributed by atoms with Gasteiger partial charge in [-0.25, -0.2) is 9.37 Å². The van der Waals surface area contributed by atoms with Gasteiger partial charge in [0.2, 0.25) is 0 Å². The fourth-order valence-electron chi connectivity index (χ4n) is 3.21. The van der Waals surface area contributed by atoms with E-state index >= 15 is 0 Å². The lowest BCUT2D eigenvalue weighted by molar-refractivity contribution is 0.0980. The zero-order chi connectivity index (χ0) is 22.0. The number of H-pyrrole nitrogens is 1. The van der Waals surface area contributed by atoms with E-state index in [4.69, 9.17) is 4.74 Å². The molecule has 0 saturated carbocycles. The summed E-state index contributed by atoms with van der Waals surface area (Å²) in [5, 5.41) is 2.86. The molecule has 2 aromatic carbocycles. The zero-order valence-corrected chi connectivity index (χ0v) is 17.0. The molecule has 9 heteroatoms. The number of aromatic amines is 1. The van der Waals surface area contributed by atoms with Crippen molar-refractivity contribution in [1.29, 1.82) is 0 Å². The third kappa shape index (κ3) is 4.16. The maximum absolute atomic E-state index is 14.3. The average molecular weight is 421 g/mol. The second-order valence-corrected chi connectivity index (χ2v) is 6.84. The highest BCUT2D eigenvalue weighted by atomic mass is 19.1. The van der Waals surface area contributed by atoms with E-state index in [9.17, 15) is 14.0 Å². The van der Waals surface area contributed by atoms with Gasteiger partial charge < -0.3 is 9.64 Å². The quantitative estimate of drug-likeness (QED) is 0.516. The number of hydrogen-bond acceptors (Lipinski definition) is 5. The van der Waals surface area contributed by atoms with Crippen molar-refractivity contribution in [3.8, 4) is 5.75 Å². The van der Waals surface area contributed by atoms with Crippen LogP contribution in [-0.4, -0.2) is 32.1 Å². The highest BCUT2D eigenvalue weighted by molar-refractivity contribution is 6.06. The summed E-state index contributed by atoms with van der Waals surface area (Å²) < 4.78 is 21.0. The molecule has 2 aromatic heterocycles. The van der Waals surface area contributed by atoms with Gasteiger partial charge in [0.1, 0.15) is 17.4 Å². The summed E-state index contributed by atoms with van der Waals surface area (Å²) in [6.07, 6.45) is 0. The Kier molecular flexibility index (Phi) is 5.48. The minimum absolute atomic E-state index is 0.0248. The Balaban J connectivity index is 1.75. The maximum atomic E-state index is 14.3. The third-order valence-corrected chi connectivity index (χ3v) is 4.62. The smallest absolute Gasteiger partial charge is 0.274 e. The van der Waals surface area contributed by atoms with Crippen LogP contribution in [0.1, 0.15) is 28.8 Å². The molecule has 0 aliphatic rings. The van der Waals surface area contributed by atoms with Gasteiger partial charge in [-0.1, -0.05) is 12.1 Å². The topological polar surface area (TPSA) is 92.6 Å². The Hall–Kier alpha value is -4.01. The number of carbonyl (C=O) groups is 1. The number of amides is 1. The number of aryl methyl sites for hydroxylation is 1. The average Bonchev–Trinajstić information content (AvgIpc) is 3.16. The number of halogens is 1. The Labute approximate surface area is 176 Å². The number of nitrogens with one attached hydrogen (secondary N) is 1. The van der Waals surface area contributed by atoms with E-state index in [0.717, 1.165) is 0 Å². The molecule has 4 rings (SSSR count). The second kappa shape index (κ2) is 8.39. The molecule has 0 saturated heterocycles. The summed E-state index contributed by atoms with van der Waals surface area (Å²) in [5.41, 5.74) is 0.676. The molecular formula is C22H20FN5O3. The molecule has 2 heterocycles. The summed E-state index contributed by atoms with van der Waals surface area (Å²) in [6.45, 7) is 4.06. The second-order valence-electron chi connectivity index (χ2n) is 6.84. The van der Waals surface area contributed by atoms with Crippen LogP contribution in [0.15, 0.2) is 59.4 Å². The van der Waals surface area contributed by atoms with Crippen molar-refractivity contribution in [2.45, 2.75) is 20.4 Å². The molecule has 0 bridgehead atoms. The predicted octanol–water partition coefficient (Wildman–Crippen LogP) is 3.11. The lowest BCUT2D eigenvalue weighted by atomic mass is 10.1. The van der Waals surface area contributed by atoms with E-state index in [-0.39, 0.29) is 23.4 Å². The van der Waals surface area contributed by atoms with E-state index in [1.54, 1.807) is 37.3 Å². The van der Waals surface area contributed by atoms with Crippen LogP contribution < -0.4 is 15.2 Å². The number of fused-ring (bicyclic) bond motifs is 1. The molecule has 8 nitrogen and oxygen atoms in total. The van der Waals surface area contributed by atoms with Crippen LogP contribution in [0.25, 0.3) is 5.78 Å². The fourth-order valence-corrected chi connectivity index (χ4v) is 3.21. The number of ether oxygens (including phenoxy) is 1. The standard InChI is InChI=1S/C22H20FN5O3/c1-3-31-16-10-8-15(9-11-16)27(21(30)17-6-4-5-7-18(17)23)13-19-25-22-24-14(2)12-20(29)28(22)26-19/h4-12H,3,13H2,1-2H3,(H,24,25,26). The molecule has 1 N–H and O–H groups in total. The molecule has 0 aliphatic heterocycles. The molecule has 0 atom stereocenters. The van der Waals surface area contributed by atoms with Crippen LogP contribution in [-0.2, 0) is 6.54 Å². The van der Waals surface area contributed by atoms with Crippen LogP contribution in [0.2, 0.25) is 0 Å². The van der Waals surface area contributed by atoms with Crippen LogP contribution in [0.4, 0.5) is 10.1 Å². The first-order valence-corrected chi connectivity index (χ1v) is 9.71.